The predicted octanol–water partition coefficient (Wildman–Crippen LogP) is 3.21. The third-order valence-corrected chi connectivity index (χ3v) is 3.61. The molecule has 0 bridgehead atoms. The molecule has 0 radical (unpaired) electrons. The number of ether oxygens (including phenoxy) is 1. The maximum atomic E-state index is 5.98. The first kappa shape index (κ1) is 12.6. The largest absolute Gasteiger partial charge is 0.372 e. The van der Waals surface area contributed by atoms with Gasteiger partial charge >= 0.3 is 0 Å². The average molecular weight is 233 g/mol. The summed E-state index contributed by atoms with van der Waals surface area (Å²) in [6.45, 7) is 5.11. The molecule has 2 atom stereocenters. The minimum absolute atomic E-state index is 0.241. The van der Waals surface area contributed by atoms with Crippen molar-refractivity contribution in [2.45, 2.75) is 57.8 Å². The highest BCUT2D eigenvalue weighted by molar-refractivity contribution is 5.24. The molecule has 0 aromatic heterocycles. The van der Waals surface area contributed by atoms with Crippen molar-refractivity contribution >= 4 is 0 Å². The van der Waals surface area contributed by atoms with Crippen LogP contribution < -0.4 is 5.73 Å². The van der Waals surface area contributed by atoms with Crippen molar-refractivity contribution < 1.29 is 4.74 Å². The second-order valence-corrected chi connectivity index (χ2v) is 5.34. The lowest BCUT2D eigenvalue weighted by atomic mass is 10.0. The lowest BCUT2D eigenvalue weighted by Gasteiger charge is -2.16. The zero-order valence-corrected chi connectivity index (χ0v) is 10.9. The fraction of sp³-hybridized carbons (Fsp3) is 0.600. The normalized spacial score (nSPS) is 24.5. The van der Waals surface area contributed by atoms with E-state index in [0.717, 1.165) is 12.8 Å². The van der Waals surface area contributed by atoms with Crippen molar-refractivity contribution in [2.75, 3.05) is 0 Å². The van der Waals surface area contributed by atoms with Crippen LogP contribution in [0.3, 0.4) is 0 Å². The van der Waals surface area contributed by atoms with Gasteiger partial charge in [-0.25, -0.2) is 0 Å². The van der Waals surface area contributed by atoms with Crippen LogP contribution >= 0.6 is 0 Å². The molecule has 0 amide bonds. The Bertz CT molecular complexity index is 344. The molecule has 1 aliphatic carbocycles. The van der Waals surface area contributed by atoms with E-state index in [1.807, 2.05) is 0 Å². The van der Waals surface area contributed by atoms with Crippen molar-refractivity contribution in [1.82, 2.24) is 0 Å². The van der Waals surface area contributed by atoms with Crippen molar-refractivity contribution in [2.24, 2.45) is 5.73 Å². The Hall–Kier alpha value is -0.860. The predicted molar refractivity (Wildman–Crippen MR) is 70.9 cm³/mol. The molecule has 1 fully saturated rings. The Morgan fingerprint density at radius 2 is 1.94 bits per heavy atom. The van der Waals surface area contributed by atoms with E-state index < -0.39 is 0 Å². The van der Waals surface area contributed by atoms with Gasteiger partial charge in [0.25, 0.3) is 0 Å². The molecule has 2 rings (SSSR count). The summed E-state index contributed by atoms with van der Waals surface area (Å²) in [6.07, 6.45) is 3.69. The smallest absolute Gasteiger partial charge is 0.0730 e. The highest BCUT2D eigenvalue weighted by atomic mass is 16.5. The SMILES string of the molecule is CC(C)c1ccc(COC2CCCC2N)cc1. The van der Waals surface area contributed by atoms with E-state index in [-0.39, 0.29) is 12.1 Å². The summed E-state index contributed by atoms with van der Waals surface area (Å²) in [6, 6.07) is 8.95. The fourth-order valence-electron chi connectivity index (χ4n) is 2.36. The molecule has 0 heterocycles. The number of benzene rings is 1. The first-order chi connectivity index (χ1) is 8.16. The van der Waals surface area contributed by atoms with Gasteiger partial charge in [0.2, 0.25) is 0 Å². The van der Waals surface area contributed by atoms with Crippen LogP contribution in [0.25, 0.3) is 0 Å². The quantitative estimate of drug-likeness (QED) is 0.866. The van der Waals surface area contributed by atoms with Crippen LogP contribution in [0.4, 0.5) is 0 Å². The minimum atomic E-state index is 0.241. The van der Waals surface area contributed by atoms with Gasteiger partial charge in [0.05, 0.1) is 12.7 Å². The topological polar surface area (TPSA) is 35.2 Å². The first-order valence-electron chi connectivity index (χ1n) is 6.63. The van der Waals surface area contributed by atoms with Crippen molar-refractivity contribution in [3.8, 4) is 0 Å². The van der Waals surface area contributed by atoms with Gasteiger partial charge < -0.3 is 10.5 Å². The van der Waals surface area contributed by atoms with Crippen LogP contribution in [0.1, 0.15) is 50.2 Å². The van der Waals surface area contributed by atoms with Crippen molar-refractivity contribution in [3.05, 3.63) is 35.4 Å². The molecule has 2 heteroatoms. The monoisotopic (exact) mass is 233 g/mol. The van der Waals surface area contributed by atoms with Gasteiger partial charge in [-0.1, -0.05) is 38.1 Å². The summed E-state index contributed by atoms with van der Waals surface area (Å²) in [7, 11) is 0. The summed E-state index contributed by atoms with van der Waals surface area (Å²) < 4.78 is 5.88. The zero-order valence-electron chi connectivity index (χ0n) is 10.9. The highest BCUT2D eigenvalue weighted by Crippen LogP contribution is 2.22. The Kier molecular flexibility index (Phi) is 4.19. The van der Waals surface area contributed by atoms with E-state index in [4.69, 9.17) is 10.5 Å². The minimum Gasteiger partial charge on any atom is -0.372 e. The number of hydrogen-bond acceptors (Lipinski definition) is 2. The lowest BCUT2D eigenvalue weighted by molar-refractivity contribution is 0.0357. The molecule has 17 heavy (non-hydrogen) atoms. The molecule has 2 N–H and O–H groups in total. The molecular weight excluding hydrogens is 210 g/mol. The van der Waals surface area contributed by atoms with Gasteiger partial charge in [0.1, 0.15) is 0 Å². The van der Waals surface area contributed by atoms with Gasteiger partial charge in [-0.3, -0.25) is 0 Å². The number of hydrogen-bond donors (Lipinski definition) is 1. The molecule has 1 aromatic carbocycles. The van der Waals surface area contributed by atoms with Gasteiger partial charge in [-0.2, -0.15) is 0 Å². The Balaban J connectivity index is 1.86. The molecule has 1 aliphatic rings. The van der Waals surface area contributed by atoms with Crippen LogP contribution in [0.5, 0.6) is 0 Å². The summed E-state index contributed by atoms with van der Waals surface area (Å²) in [5.74, 6) is 0.591. The van der Waals surface area contributed by atoms with Crippen LogP contribution in [-0.4, -0.2) is 12.1 Å². The maximum Gasteiger partial charge on any atom is 0.0730 e. The van der Waals surface area contributed by atoms with E-state index >= 15 is 0 Å². The van der Waals surface area contributed by atoms with Crippen LogP contribution in [-0.2, 0) is 11.3 Å². The summed E-state index contributed by atoms with van der Waals surface area (Å²) in [5, 5.41) is 0. The highest BCUT2D eigenvalue weighted by Gasteiger charge is 2.24. The molecule has 2 unspecified atom stereocenters. The molecule has 0 aliphatic heterocycles. The van der Waals surface area contributed by atoms with E-state index in [1.165, 1.54) is 17.5 Å². The second kappa shape index (κ2) is 5.65. The molecule has 94 valence electrons. The average Bonchev–Trinajstić information content (AvgIpc) is 2.73. The molecule has 1 aromatic rings. The van der Waals surface area contributed by atoms with Crippen molar-refractivity contribution in [1.29, 1.82) is 0 Å². The second-order valence-electron chi connectivity index (χ2n) is 5.34. The number of nitrogens with two attached hydrogens (primary N) is 1. The van der Waals surface area contributed by atoms with Gasteiger partial charge in [0.15, 0.2) is 0 Å². The maximum absolute atomic E-state index is 5.98. The van der Waals surface area contributed by atoms with Gasteiger partial charge in [-0.15, -0.1) is 0 Å². The molecule has 1 saturated carbocycles. The van der Waals surface area contributed by atoms with Crippen LogP contribution in [0, 0.1) is 0 Å². The van der Waals surface area contributed by atoms with E-state index in [2.05, 4.69) is 38.1 Å². The Labute approximate surface area is 104 Å². The summed E-state index contributed by atoms with van der Waals surface area (Å²) in [4.78, 5) is 0. The first-order valence-corrected chi connectivity index (χ1v) is 6.63. The van der Waals surface area contributed by atoms with Gasteiger partial charge in [-0.05, 0) is 36.3 Å². The molecule has 2 nitrogen and oxygen atoms in total. The zero-order chi connectivity index (χ0) is 12.3. The lowest BCUT2D eigenvalue weighted by Crippen LogP contribution is -2.31. The third kappa shape index (κ3) is 3.30. The van der Waals surface area contributed by atoms with Crippen LogP contribution in [0.15, 0.2) is 24.3 Å². The molecule has 0 saturated heterocycles. The number of rotatable bonds is 4. The van der Waals surface area contributed by atoms with E-state index in [0.29, 0.717) is 12.5 Å². The molecule has 0 spiro atoms. The standard InChI is InChI=1S/C15H23NO/c1-11(2)13-8-6-12(7-9-13)10-17-15-5-3-4-14(15)16/h6-9,11,14-15H,3-5,10,16H2,1-2H3. The van der Waals surface area contributed by atoms with Crippen molar-refractivity contribution in [3.63, 3.8) is 0 Å². The van der Waals surface area contributed by atoms with Crippen LogP contribution in [0.2, 0.25) is 0 Å². The third-order valence-electron chi connectivity index (χ3n) is 3.61. The van der Waals surface area contributed by atoms with Gasteiger partial charge in [0, 0.05) is 6.04 Å². The molecular formula is C15H23NO. The summed E-state index contributed by atoms with van der Waals surface area (Å²) in [5.41, 5.74) is 8.61. The van der Waals surface area contributed by atoms with E-state index in [9.17, 15) is 0 Å². The Morgan fingerprint density at radius 3 is 2.47 bits per heavy atom. The fourth-order valence-corrected chi connectivity index (χ4v) is 2.36. The Morgan fingerprint density at radius 1 is 1.24 bits per heavy atom. The summed E-state index contributed by atoms with van der Waals surface area (Å²) >= 11 is 0. The van der Waals surface area contributed by atoms with E-state index in [1.54, 1.807) is 0 Å².